The molecule has 0 aromatic heterocycles. The standard InChI is InChI=1S/C22H42N2O/c1-3-5-6-7-8-9-10-11-12-13-14-15-16-17-18-19-25-22-20-23-21(4-2)24-22/h17-18,22H,3-16,19-20H2,1-2H3,(H,23,24). The molecule has 0 spiro atoms. The number of unbranched alkanes of at least 4 members (excludes halogenated alkanes) is 12. The van der Waals surface area contributed by atoms with Crippen LogP contribution in [-0.4, -0.2) is 25.2 Å². The summed E-state index contributed by atoms with van der Waals surface area (Å²) in [4.78, 5) is 4.46. The second-order valence-corrected chi connectivity index (χ2v) is 7.25. The van der Waals surface area contributed by atoms with Gasteiger partial charge < -0.3 is 10.1 Å². The molecule has 0 bridgehead atoms. The Hall–Kier alpha value is -0.830. The SMILES string of the molecule is CCCCCCCCCCCCCCC=CCOC1CNC(CC)=N1. The van der Waals surface area contributed by atoms with E-state index in [1.807, 2.05) is 0 Å². The molecule has 1 unspecified atom stereocenters. The fourth-order valence-electron chi connectivity index (χ4n) is 3.24. The maximum absolute atomic E-state index is 5.71. The molecule has 3 heteroatoms. The van der Waals surface area contributed by atoms with Crippen molar-refractivity contribution in [1.82, 2.24) is 5.32 Å². The fourth-order valence-corrected chi connectivity index (χ4v) is 3.24. The molecule has 146 valence electrons. The Balaban J connectivity index is 1.76. The predicted octanol–water partition coefficient (Wildman–Crippen LogP) is 6.39. The lowest BCUT2D eigenvalue weighted by Gasteiger charge is -2.04. The smallest absolute Gasteiger partial charge is 0.167 e. The van der Waals surface area contributed by atoms with Crippen LogP contribution in [0, 0.1) is 0 Å². The molecule has 0 aliphatic carbocycles. The Bertz CT molecular complexity index is 352. The summed E-state index contributed by atoms with van der Waals surface area (Å²) in [7, 11) is 0. The van der Waals surface area contributed by atoms with Gasteiger partial charge in [0.15, 0.2) is 6.23 Å². The van der Waals surface area contributed by atoms with Gasteiger partial charge in [0.25, 0.3) is 0 Å². The van der Waals surface area contributed by atoms with Crippen molar-refractivity contribution in [1.29, 1.82) is 0 Å². The number of aliphatic imine (C=N–C) groups is 1. The van der Waals surface area contributed by atoms with Crippen molar-refractivity contribution in [3.05, 3.63) is 12.2 Å². The molecule has 1 rings (SSSR count). The van der Waals surface area contributed by atoms with Gasteiger partial charge in [-0.25, -0.2) is 4.99 Å². The number of ether oxygens (including phenoxy) is 1. The lowest BCUT2D eigenvalue weighted by Crippen LogP contribution is -2.21. The summed E-state index contributed by atoms with van der Waals surface area (Å²) < 4.78 is 5.71. The van der Waals surface area contributed by atoms with Gasteiger partial charge in [-0.3, -0.25) is 0 Å². The van der Waals surface area contributed by atoms with Crippen molar-refractivity contribution in [3.63, 3.8) is 0 Å². The van der Waals surface area contributed by atoms with Crippen molar-refractivity contribution in [2.45, 2.75) is 110 Å². The van der Waals surface area contributed by atoms with E-state index in [0.29, 0.717) is 6.61 Å². The molecular weight excluding hydrogens is 308 g/mol. The van der Waals surface area contributed by atoms with Crippen molar-refractivity contribution < 1.29 is 4.74 Å². The Morgan fingerprint density at radius 2 is 1.48 bits per heavy atom. The van der Waals surface area contributed by atoms with Crippen LogP contribution in [0.3, 0.4) is 0 Å². The molecule has 0 saturated heterocycles. The summed E-state index contributed by atoms with van der Waals surface area (Å²) in [6, 6.07) is 0. The zero-order valence-electron chi connectivity index (χ0n) is 16.9. The van der Waals surface area contributed by atoms with Crippen LogP contribution in [0.4, 0.5) is 0 Å². The lowest BCUT2D eigenvalue weighted by atomic mass is 10.0. The Morgan fingerprint density at radius 1 is 0.880 bits per heavy atom. The van der Waals surface area contributed by atoms with E-state index in [0.717, 1.165) is 18.8 Å². The third-order valence-corrected chi connectivity index (χ3v) is 4.89. The molecule has 3 nitrogen and oxygen atoms in total. The number of amidine groups is 1. The summed E-state index contributed by atoms with van der Waals surface area (Å²) in [5.74, 6) is 1.07. The second kappa shape index (κ2) is 16.6. The molecule has 1 aliphatic heterocycles. The number of hydrogen-bond acceptors (Lipinski definition) is 3. The predicted molar refractivity (Wildman–Crippen MR) is 110 cm³/mol. The quantitative estimate of drug-likeness (QED) is 0.244. The highest BCUT2D eigenvalue weighted by Gasteiger charge is 2.14. The van der Waals surface area contributed by atoms with Gasteiger partial charge in [-0.1, -0.05) is 96.6 Å². The molecule has 0 aromatic rings. The molecule has 0 fully saturated rings. The Kier molecular flexibility index (Phi) is 14.8. The van der Waals surface area contributed by atoms with Crippen LogP contribution in [0.15, 0.2) is 17.1 Å². The molecule has 0 radical (unpaired) electrons. The van der Waals surface area contributed by atoms with Gasteiger partial charge in [0.2, 0.25) is 0 Å². The first-order valence-corrected chi connectivity index (χ1v) is 10.9. The van der Waals surface area contributed by atoms with Gasteiger partial charge in [-0.15, -0.1) is 0 Å². The van der Waals surface area contributed by atoms with E-state index in [2.05, 4.69) is 36.3 Å². The molecule has 1 heterocycles. The van der Waals surface area contributed by atoms with E-state index < -0.39 is 0 Å². The van der Waals surface area contributed by atoms with Crippen LogP contribution in [-0.2, 0) is 4.74 Å². The van der Waals surface area contributed by atoms with Gasteiger partial charge in [0.1, 0.15) is 0 Å². The number of hydrogen-bond donors (Lipinski definition) is 1. The van der Waals surface area contributed by atoms with Crippen molar-refractivity contribution >= 4 is 5.84 Å². The summed E-state index contributed by atoms with van der Waals surface area (Å²) in [5.41, 5.74) is 0. The first kappa shape index (κ1) is 22.2. The summed E-state index contributed by atoms with van der Waals surface area (Å²) in [6.45, 7) is 5.91. The van der Waals surface area contributed by atoms with E-state index in [-0.39, 0.29) is 6.23 Å². The second-order valence-electron chi connectivity index (χ2n) is 7.25. The van der Waals surface area contributed by atoms with Crippen LogP contribution < -0.4 is 5.32 Å². The maximum Gasteiger partial charge on any atom is 0.167 e. The van der Waals surface area contributed by atoms with Crippen LogP contribution in [0.1, 0.15) is 104 Å². The number of nitrogens with one attached hydrogen (secondary N) is 1. The minimum Gasteiger partial charge on any atom is -0.369 e. The molecular formula is C22H42N2O. The van der Waals surface area contributed by atoms with E-state index >= 15 is 0 Å². The molecule has 1 N–H and O–H groups in total. The molecule has 0 saturated carbocycles. The zero-order chi connectivity index (χ0) is 18.0. The van der Waals surface area contributed by atoms with Crippen molar-refractivity contribution in [2.75, 3.05) is 13.2 Å². The van der Waals surface area contributed by atoms with Gasteiger partial charge >= 0.3 is 0 Å². The van der Waals surface area contributed by atoms with Gasteiger partial charge in [-0.05, 0) is 12.8 Å². The van der Waals surface area contributed by atoms with E-state index in [4.69, 9.17) is 4.74 Å². The van der Waals surface area contributed by atoms with Crippen LogP contribution in [0.5, 0.6) is 0 Å². The molecule has 0 amide bonds. The molecule has 25 heavy (non-hydrogen) atoms. The topological polar surface area (TPSA) is 33.6 Å². The third-order valence-electron chi connectivity index (χ3n) is 4.89. The molecule has 1 atom stereocenters. The molecule has 1 aliphatic rings. The van der Waals surface area contributed by atoms with Gasteiger partial charge in [0, 0.05) is 6.42 Å². The number of allylic oxidation sites excluding steroid dienone is 1. The average molecular weight is 351 g/mol. The van der Waals surface area contributed by atoms with Gasteiger partial charge in [-0.2, -0.15) is 0 Å². The third kappa shape index (κ3) is 13.1. The monoisotopic (exact) mass is 350 g/mol. The van der Waals surface area contributed by atoms with E-state index in [1.165, 1.54) is 83.5 Å². The Morgan fingerprint density at radius 3 is 2.04 bits per heavy atom. The van der Waals surface area contributed by atoms with E-state index in [9.17, 15) is 0 Å². The lowest BCUT2D eigenvalue weighted by molar-refractivity contribution is 0.0908. The highest BCUT2D eigenvalue weighted by Crippen LogP contribution is 2.12. The fraction of sp³-hybridized carbons (Fsp3) is 0.864. The van der Waals surface area contributed by atoms with Gasteiger partial charge in [0.05, 0.1) is 19.0 Å². The van der Waals surface area contributed by atoms with Crippen LogP contribution in [0.2, 0.25) is 0 Å². The van der Waals surface area contributed by atoms with Crippen molar-refractivity contribution in [2.24, 2.45) is 4.99 Å². The maximum atomic E-state index is 5.71. The minimum atomic E-state index is 0.0197. The Labute approximate surface area is 156 Å². The van der Waals surface area contributed by atoms with E-state index in [1.54, 1.807) is 0 Å². The number of nitrogens with zero attached hydrogens (tertiary/aromatic N) is 1. The largest absolute Gasteiger partial charge is 0.369 e. The summed E-state index contributed by atoms with van der Waals surface area (Å²) >= 11 is 0. The summed E-state index contributed by atoms with van der Waals surface area (Å²) in [5, 5.41) is 3.26. The number of rotatable bonds is 17. The first-order chi connectivity index (χ1) is 12.4. The zero-order valence-corrected chi connectivity index (χ0v) is 16.9. The average Bonchev–Trinajstić information content (AvgIpc) is 3.09. The van der Waals surface area contributed by atoms with Crippen LogP contribution in [0.25, 0.3) is 0 Å². The highest BCUT2D eigenvalue weighted by atomic mass is 16.5. The first-order valence-electron chi connectivity index (χ1n) is 10.9. The minimum absolute atomic E-state index is 0.0197. The van der Waals surface area contributed by atoms with Crippen molar-refractivity contribution in [3.8, 4) is 0 Å². The highest BCUT2D eigenvalue weighted by molar-refractivity contribution is 5.83. The van der Waals surface area contributed by atoms with Crippen LogP contribution >= 0.6 is 0 Å². The normalized spacial score (nSPS) is 17.2. The summed E-state index contributed by atoms with van der Waals surface area (Å²) in [6.07, 6.45) is 23.6. The molecule has 0 aromatic carbocycles.